The van der Waals surface area contributed by atoms with E-state index in [1.165, 1.54) is 5.56 Å². The van der Waals surface area contributed by atoms with Crippen molar-refractivity contribution in [1.29, 1.82) is 0 Å². The summed E-state index contributed by atoms with van der Waals surface area (Å²) in [5.41, 5.74) is 1.17. The molecule has 5 nitrogen and oxygen atoms in total. The van der Waals surface area contributed by atoms with Gasteiger partial charge in [0.2, 0.25) is 5.91 Å². The minimum absolute atomic E-state index is 0.164. The molecule has 1 atom stereocenters. The van der Waals surface area contributed by atoms with Crippen LogP contribution in [0.3, 0.4) is 0 Å². The largest absolute Gasteiger partial charge is 0.480 e. The molecular formula is C15H22N2O3. The maximum atomic E-state index is 11.8. The Hall–Kier alpha value is -1.88. The summed E-state index contributed by atoms with van der Waals surface area (Å²) in [6.07, 6.45) is 0.893. The Bertz CT molecular complexity index is 434. The van der Waals surface area contributed by atoms with Crippen molar-refractivity contribution in [1.82, 2.24) is 10.2 Å². The second-order valence-electron chi connectivity index (χ2n) is 4.57. The van der Waals surface area contributed by atoms with Crippen LogP contribution in [-0.4, -0.2) is 41.5 Å². The van der Waals surface area contributed by atoms with E-state index < -0.39 is 5.97 Å². The van der Waals surface area contributed by atoms with Crippen LogP contribution >= 0.6 is 0 Å². The number of hydrogen-bond acceptors (Lipinski definition) is 3. The first-order valence-corrected chi connectivity index (χ1v) is 6.85. The quantitative estimate of drug-likeness (QED) is 0.759. The van der Waals surface area contributed by atoms with Crippen LogP contribution in [0.15, 0.2) is 30.3 Å². The van der Waals surface area contributed by atoms with Crippen molar-refractivity contribution in [3.63, 3.8) is 0 Å². The van der Waals surface area contributed by atoms with Crippen molar-refractivity contribution in [2.45, 2.75) is 26.3 Å². The molecule has 1 aromatic carbocycles. The van der Waals surface area contributed by atoms with Crippen LogP contribution < -0.4 is 5.32 Å². The molecule has 20 heavy (non-hydrogen) atoms. The zero-order valence-electron chi connectivity index (χ0n) is 12.0. The van der Waals surface area contributed by atoms with Crippen LogP contribution in [0.4, 0.5) is 0 Å². The molecule has 5 heteroatoms. The molecule has 0 spiro atoms. The molecule has 1 unspecified atom stereocenters. The second-order valence-corrected chi connectivity index (χ2v) is 4.57. The topological polar surface area (TPSA) is 69.6 Å². The lowest BCUT2D eigenvalue weighted by Crippen LogP contribution is -2.40. The molecule has 0 fully saturated rings. The lowest BCUT2D eigenvalue weighted by Gasteiger charge is -2.29. The van der Waals surface area contributed by atoms with Gasteiger partial charge in [0, 0.05) is 6.04 Å². The summed E-state index contributed by atoms with van der Waals surface area (Å²) in [5.74, 6) is -1.29. The number of carboxylic acid groups (broad SMARTS) is 1. The fraction of sp³-hybridized carbons (Fsp3) is 0.467. The third-order valence-electron chi connectivity index (χ3n) is 3.20. The van der Waals surface area contributed by atoms with E-state index in [4.69, 9.17) is 5.11 Å². The number of aliphatic carboxylic acids is 1. The van der Waals surface area contributed by atoms with Gasteiger partial charge in [-0.3, -0.25) is 14.5 Å². The Morgan fingerprint density at radius 3 is 2.40 bits per heavy atom. The molecule has 2 N–H and O–H groups in total. The number of carboxylic acids is 1. The lowest BCUT2D eigenvalue weighted by atomic mass is 10.0. The molecule has 0 saturated carbocycles. The highest BCUT2D eigenvalue weighted by Crippen LogP contribution is 2.23. The summed E-state index contributed by atoms with van der Waals surface area (Å²) in [4.78, 5) is 24.2. The van der Waals surface area contributed by atoms with Gasteiger partial charge in [-0.2, -0.15) is 0 Å². The van der Waals surface area contributed by atoms with Gasteiger partial charge in [0.05, 0.1) is 6.54 Å². The average molecular weight is 278 g/mol. The number of carbonyl (C=O) groups excluding carboxylic acids is 1. The van der Waals surface area contributed by atoms with E-state index in [0.717, 1.165) is 13.0 Å². The van der Waals surface area contributed by atoms with Gasteiger partial charge in [-0.25, -0.2) is 0 Å². The summed E-state index contributed by atoms with van der Waals surface area (Å²) in [6.45, 7) is 4.68. The predicted molar refractivity (Wildman–Crippen MR) is 77.4 cm³/mol. The van der Waals surface area contributed by atoms with E-state index in [1.54, 1.807) is 0 Å². The van der Waals surface area contributed by atoms with E-state index in [2.05, 4.69) is 12.2 Å². The summed E-state index contributed by atoms with van der Waals surface area (Å²) in [7, 11) is 0. The van der Waals surface area contributed by atoms with Crippen LogP contribution in [0.2, 0.25) is 0 Å². The molecule has 1 amide bonds. The number of likely N-dealkylation sites (N-methyl/N-ethyl adjacent to an activating group) is 1. The van der Waals surface area contributed by atoms with Crippen LogP contribution in [0.5, 0.6) is 0 Å². The van der Waals surface area contributed by atoms with Gasteiger partial charge >= 0.3 is 5.97 Å². The molecule has 0 heterocycles. The molecule has 0 aromatic heterocycles. The van der Waals surface area contributed by atoms with Gasteiger partial charge in [-0.1, -0.05) is 44.2 Å². The second kappa shape index (κ2) is 8.32. The molecule has 1 aromatic rings. The number of nitrogens with zero attached hydrogens (tertiary/aromatic N) is 1. The van der Waals surface area contributed by atoms with Gasteiger partial charge in [-0.15, -0.1) is 0 Å². The van der Waals surface area contributed by atoms with Gasteiger partial charge in [0.1, 0.15) is 6.54 Å². The number of amides is 1. The van der Waals surface area contributed by atoms with Crippen molar-refractivity contribution in [3.05, 3.63) is 35.9 Å². The number of hydrogen-bond donors (Lipinski definition) is 2. The van der Waals surface area contributed by atoms with Crippen LogP contribution in [0.1, 0.15) is 31.9 Å². The lowest BCUT2D eigenvalue weighted by molar-refractivity contribution is -0.138. The number of rotatable bonds is 8. The molecule has 110 valence electrons. The normalized spacial score (nSPS) is 12.2. The Morgan fingerprint density at radius 2 is 1.90 bits per heavy atom. The highest BCUT2D eigenvalue weighted by molar-refractivity contribution is 5.82. The SMILES string of the molecule is CCC(c1ccccc1)N(CC)CC(=O)NCC(=O)O. The van der Waals surface area contributed by atoms with Gasteiger partial charge in [0.15, 0.2) is 0 Å². The molecule has 0 aliphatic heterocycles. The molecular weight excluding hydrogens is 256 g/mol. The third-order valence-corrected chi connectivity index (χ3v) is 3.20. The highest BCUT2D eigenvalue weighted by Gasteiger charge is 2.19. The van der Waals surface area contributed by atoms with E-state index in [-0.39, 0.29) is 25.0 Å². The Morgan fingerprint density at radius 1 is 1.25 bits per heavy atom. The molecule has 1 rings (SSSR count). The molecule has 0 bridgehead atoms. The van der Waals surface area contributed by atoms with E-state index >= 15 is 0 Å². The molecule has 0 radical (unpaired) electrons. The van der Waals surface area contributed by atoms with Crippen molar-refractivity contribution >= 4 is 11.9 Å². The van der Waals surface area contributed by atoms with Crippen molar-refractivity contribution in [2.24, 2.45) is 0 Å². The summed E-state index contributed by atoms with van der Waals surface area (Å²) >= 11 is 0. The number of nitrogens with one attached hydrogen (secondary N) is 1. The summed E-state index contributed by atoms with van der Waals surface area (Å²) in [5, 5.41) is 11.0. The Labute approximate surface area is 119 Å². The highest BCUT2D eigenvalue weighted by atomic mass is 16.4. The average Bonchev–Trinajstić information content (AvgIpc) is 2.46. The fourth-order valence-electron chi connectivity index (χ4n) is 2.24. The smallest absolute Gasteiger partial charge is 0.322 e. The van der Waals surface area contributed by atoms with Crippen molar-refractivity contribution in [2.75, 3.05) is 19.6 Å². The molecule has 0 saturated heterocycles. The summed E-state index contributed by atoms with van der Waals surface area (Å²) in [6, 6.07) is 10.2. The standard InChI is InChI=1S/C15H22N2O3/c1-3-13(12-8-6-5-7-9-12)17(4-2)11-14(18)16-10-15(19)20/h5-9,13H,3-4,10-11H2,1-2H3,(H,16,18)(H,19,20). The first-order chi connectivity index (χ1) is 9.58. The predicted octanol–water partition coefficient (Wildman–Crippen LogP) is 1.66. The van der Waals surface area contributed by atoms with Gasteiger partial charge in [0.25, 0.3) is 0 Å². The van der Waals surface area contributed by atoms with Gasteiger partial charge < -0.3 is 10.4 Å². The van der Waals surface area contributed by atoms with Gasteiger partial charge in [-0.05, 0) is 18.5 Å². The van der Waals surface area contributed by atoms with E-state index in [0.29, 0.717) is 0 Å². The molecule has 0 aliphatic carbocycles. The van der Waals surface area contributed by atoms with Crippen molar-refractivity contribution in [3.8, 4) is 0 Å². The third kappa shape index (κ3) is 5.01. The van der Waals surface area contributed by atoms with Crippen LogP contribution in [0, 0.1) is 0 Å². The minimum Gasteiger partial charge on any atom is -0.480 e. The zero-order chi connectivity index (χ0) is 15.0. The summed E-state index contributed by atoms with van der Waals surface area (Å²) < 4.78 is 0. The number of benzene rings is 1. The van der Waals surface area contributed by atoms with Crippen molar-refractivity contribution < 1.29 is 14.7 Å². The van der Waals surface area contributed by atoms with Crippen LogP contribution in [-0.2, 0) is 9.59 Å². The molecule has 0 aliphatic rings. The zero-order valence-corrected chi connectivity index (χ0v) is 12.0. The Balaban J connectivity index is 2.68. The van der Waals surface area contributed by atoms with E-state index in [9.17, 15) is 9.59 Å². The Kier molecular flexibility index (Phi) is 6.73. The maximum absolute atomic E-state index is 11.8. The maximum Gasteiger partial charge on any atom is 0.322 e. The van der Waals surface area contributed by atoms with Crippen LogP contribution in [0.25, 0.3) is 0 Å². The fourth-order valence-corrected chi connectivity index (χ4v) is 2.24. The monoisotopic (exact) mass is 278 g/mol. The number of carbonyl (C=O) groups is 2. The first kappa shape index (κ1) is 16.2. The first-order valence-electron chi connectivity index (χ1n) is 6.85. The van der Waals surface area contributed by atoms with E-state index in [1.807, 2.05) is 42.2 Å². The minimum atomic E-state index is -1.03.